The number of Topliss-reactive ketones (excluding diaryl/α,β-unsaturated/α-hetero) is 1. The number of hydrogen-bond donors (Lipinski definition) is 0. The second-order valence-corrected chi connectivity index (χ2v) is 5.68. The van der Waals surface area contributed by atoms with Gasteiger partial charge >= 0.3 is 5.51 Å². The van der Waals surface area contributed by atoms with Gasteiger partial charge in [-0.05, 0) is 18.2 Å². The molecule has 0 saturated carbocycles. The Hall–Kier alpha value is -1.01. The quantitative estimate of drug-likeness (QED) is 0.362. The Morgan fingerprint density at radius 3 is 2.43 bits per heavy atom. The molecule has 1 rings (SSSR count). The third-order valence-corrected chi connectivity index (χ3v) is 3.61. The van der Waals surface area contributed by atoms with Gasteiger partial charge in [0.25, 0.3) is 0 Å². The molecule has 0 saturated heterocycles. The molecule has 0 spiro atoms. The Kier molecular flexibility index (Phi) is 7.82. The van der Waals surface area contributed by atoms with Crippen LogP contribution in [-0.2, 0) is 4.74 Å². The van der Waals surface area contributed by atoms with E-state index in [4.69, 9.17) is 4.74 Å². The third-order valence-electron chi connectivity index (χ3n) is 2.78. The molecule has 0 N–H and O–H groups in total. The average Bonchev–Trinajstić information content (AvgIpc) is 2.45. The molecule has 0 amide bonds. The average molecular weight is 320 g/mol. The summed E-state index contributed by atoms with van der Waals surface area (Å²) in [5.74, 6) is -0.645. The zero-order valence-corrected chi connectivity index (χ0v) is 12.7. The Morgan fingerprint density at radius 1 is 1.19 bits per heavy atom. The van der Waals surface area contributed by atoms with Crippen LogP contribution in [-0.4, -0.2) is 23.3 Å². The van der Waals surface area contributed by atoms with E-state index in [0.29, 0.717) is 6.42 Å². The van der Waals surface area contributed by atoms with Gasteiger partial charge in [-0.1, -0.05) is 56.5 Å². The van der Waals surface area contributed by atoms with Crippen LogP contribution in [0.4, 0.5) is 13.2 Å². The third kappa shape index (κ3) is 7.52. The van der Waals surface area contributed by atoms with Crippen molar-refractivity contribution in [2.24, 2.45) is 0 Å². The molecule has 1 unspecified atom stereocenters. The predicted molar refractivity (Wildman–Crippen MR) is 78.3 cm³/mol. The number of halogens is 3. The second kappa shape index (κ2) is 9.10. The summed E-state index contributed by atoms with van der Waals surface area (Å²) in [4.78, 5) is 12.1. The highest BCUT2D eigenvalue weighted by atomic mass is 32.2. The van der Waals surface area contributed by atoms with Crippen molar-refractivity contribution in [2.45, 2.75) is 43.6 Å². The van der Waals surface area contributed by atoms with Crippen molar-refractivity contribution in [3.05, 3.63) is 35.9 Å². The van der Waals surface area contributed by atoms with Crippen LogP contribution >= 0.6 is 11.8 Å². The number of benzene rings is 1. The molecule has 0 aliphatic carbocycles. The number of carbonyl (C=O) groups is 1. The highest BCUT2D eigenvalue weighted by molar-refractivity contribution is 8.01. The summed E-state index contributed by atoms with van der Waals surface area (Å²) in [6.07, 6.45) is 3.58. The van der Waals surface area contributed by atoms with Gasteiger partial charge in [0.2, 0.25) is 5.78 Å². The highest BCUT2D eigenvalue weighted by Crippen LogP contribution is 2.35. The van der Waals surface area contributed by atoms with Gasteiger partial charge in [0.05, 0.1) is 0 Å². The van der Waals surface area contributed by atoms with E-state index in [-0.39, 0.29) is 12.2 Å². The standard InChI is InChI=1S/C15H19F3O2S/c1-2-3-4-8-11-20-14(21-15(16,17)18)13(19)12-9-6-5-7-10-12/h5-7,9-10,14H,2-4,8,11H2,1H3. The maximum Gasteiger partial charge on any atom is 0.444 e. The number of ether oxygens (including phenoxy) is 1. The monoisotopic (exact) mass is 320 g/mol. The van der Waals surface area contributed by atoms with Crippen LogP contribution in [0, 0.1) is 0 Å². The molecule has 118 valence electrons. The summed E-state index contributed by atoms with van der Waals surface area (Å²) in [5, 5.41) is 0. The van der Waals surface area contributed by atoms with Gasteiger partial charge in [-0.25, -0.2) is 0 Å². The normalized spacial score (nSPS) is 13.1. The fraction of sp³-hybridized carbons (Fsp3) is 0.533. The summed E-state index contributed by atoms with van der Waals surface area (Å²) in [6.45, 7) is 2.20. The molecule has 0 heterocycles. The van der Waals surface area contributed by atoms with Gasteiger partial charge in [0, 0.05) is 12.2 Å². The number of unbranched alkanes of at least 4 members (excludes halogenated alkanes) is 3. The molecule has 0 radical (unpaired) electrons. The Bertz CT molecular complexity index is 421. The van der Waals surface area contributed by atoms with Crippen molar-refractivity contribution in [1.29, 1.82) is 0 Å². The summed E-state index contributed by atoms with van der Waals surface area (Å²) >= 11 is -0.403. The Labute approximate surface area is 127 Å². The zero-order valence-electron chi connectivity index (χ0n) is 11.9. The number of alkyl halides is 3. The lowest BCUT2D eigenvalue weighted by Gasteiger charge is -2.17. The van der Waals surface area contributed by atoms with Crippen molar-refractivity contribution < 1.29 is 22.7 Å². The van der Waals surface area contributed by atoms with Crippen molar-refractivity contribution in [3.8, 4) is 0 Å². The topological polar surface area (TPSA) is 26.3 Å². The van der Waals surface area contributed by atoms with Crippen molar-refractivity contribution in [2.75, 3.05) is 6.61 Å². The summed E-state index contributed by atoms with van der Waals surface area (Å²) in [5.41, 5.74) is -5.81. The lowest BCUT2D eigenvalue weighted by atomic mass is 10.1. The van der Waals surface area contributed by atoms with Gasteiger partial charge < -0.3 is 4.74 Å². The van der Waals surface area contributed by atoms with E-state index in [9.17, 15) is 18.0 Å². The Morgan fingerprint density at radius 2 is 1.86 bits per heavy atom. The number of carbonyl (C=O) groups excluding carboxylic acids is 1. The minimum absolute atomic E-state index is 0.159. The van der Waals surface area contributed by atoms with E-state index in [0.717, 1.165) is 19.3 Å². The SMILES string of the molecule is CCCCCCOC(SC(F)(F)F)C(=O)c1ccccc1. The largest absolute Gasteiger partial charge is 0.444 e. The fourth-order valence-electron chi connectivity index (χ4n) is 1.74. The van der Waals surface area contributed by atoms with Gasteiger partial charge in [-0.2, -0.15) is 13.2 Å². The van der Waals surface area contributed by atoms with Crippen LogP contribution in [0.2, 0.25) is 0 Å². The van der Waals surface area contributed by atoms with E-state index in [2.05, 4.69) is 0 Å². The fourth-order valence-corrected chi connectivity index (χ4v) is 2.39. The van der Waals surface area contributed by atoms with Crippen LogP contribution in [0.25, 0.3) is 0 Å². The Balaban J connectivity index is 2.62. The van der Waals surface area contributed by atoms with Gasteiger partial charge in [-0.3, -0.25) is 4.79 Å². The zero-order chi connectivity index (χ0) is 15.7. The maximum absolute atomic E-state index is 12.5. The van der Waals surface area contributed by atoms with Crippen LogP contribution in [0.5, 0.6) is 0 Å². The number of ketones is 1. The van der Waals surface area contributed by atoms with Gasteiger partial charge in [0.15, 0.2) is 5.44 Å². The molecule has 1 aromatic carbocycles. The molecule has 6 heteroatoms. The van der Waals surface area contributed by atoms with Crippen molar-refractivity contribution in [3.63, 3.8) is 0 Å². The first-order chi connectivity index (χ1) is 9.94. The smallest absolute Gasteiger partial charge is 0.359 e. The van der Waals surface area contributed by atoms with Gasteiger partial charge in [0.1, 0.15) is 0 Å². The van der Waals surface area contributed by atoms with Crippen LogP contribution in [0.3, 0.4) is 0 Å². The molecule has 1 atom stereocenters. The number of hydrogen-bond acceptors (Lipinski definition) is 3. The van der Waals surface area contributed by atoms with Crippen LogP contribution in [0.15, 0.2) is 30.3 Å². The number of thioether (sulfide) groups is 1. The van der Waals surface area contributed by atoms with Crippen LogP contribution < -0.4 is 0 Å². The van der Waals surface area contributed by atoms with E-state index in [1.165, 1.54) is 12.1 Å². The van der Waals surface area contributed by atoms with E-state index >= 15 is 0 Å². The minimum Gasteiger partial charge on any atom is -0.359 e. The first-order valence-corrected chi connectivity index (χ1v) is 7.77. The van der Waals surface area contributed by atoms with Crippen LogP contribution in [0.1, 0.15) is 43.0 Å². The molecule has 0 aromatic heterocycles. The predicted octanol–water partition coefficient (Wildman–Crippen LogP) is 5.05. The first-order valence-electron chi connectivity index (χ1n) is 6.89. The molecular formula is C15H19F3O2S. The minimum atomic E-state index is -4.50. The van der Waals surface area contributed by atoms with E-state index in [1.807, 2.05) is 6.92 Å². The lowest BCUT2D eigenvalue weighted by Crippen LogP contribution is -2.25. The lowest BCUT2D eigenvalue weighted by molar-refractivity contribution is -0.0367. The molecule has 2 nitrogen and oxygen atoms in total. The molecular weight excluding hydrogens is 301 g/mol. The maximum atomic E-state index is 12.5. The molecule has 0 aliphatic rings. The molecule has 0 fully saturated rings. The molecule has 21 heavy (non-hydrogen) atoms. The number of rotatable bonds is 9. The molecule has 0 bridgehead atoms. The first kappa shape index (κ1) is 18.0. The van der Waals surface area contributed by atoms with Gasteiger partial charge in [-0.15, -0.1) is 0 Å². The summed E-state index contributed by atoms with van der Waals surface area (Å²) < 4.78 is 42.8. The molecule has 0 aliphatic heterocycles. The van der Waals surface area contributed by atoms with Crippen molar-refractivity contribution in [1.82, 2.24) is 0 Å². The van der Waals surface area contributed by atoms with Crippen molar-refractivity contribution >= 4 is 17.5 Å². The highest BCUT2D eigenvalue weighted by Gasteiger charge is 2.37. The van der Waals surface area contributed by atoms with E-state index < -0.39 is 28.5 Å². The second-order valence-electron chi connectivity index (χ2n) is 4.56. The summed E-state index contributed by atoms with van der Waals surface area (Å²) in [6, 6.07) is 7.92. The molecule has 1 aromatic rings. The summed E-state index contributed by atoms with van der Waals surface area (Å²) in [7, 11) is 0. The van der Waals surface area contributed by atoms with E-state index in [1.54, 1.807) is 18.2 Å².